The van der Waals surface area contributed by atoms with Gasteiger partial charge in [0.15, 0.2) is 5.78 Å². The van der Waals surface area contributed by atoms with Crippen LogP contribution in [-0.4, -0.2) is 17.5 Å². The van der Waals surface area contributed by atoms with E-state index < -0.39 is 0 Å². The average molecular weight is 411 g/mol. The predicted octanol–water partition coefficient (Wildman–Crippen LogP) is 7.62. The first kappa shape index (κ1) is 24.0. The largest absolute Gasteiger partial charge is 0.507 e. The van der Waals surface area contributed by atoms with Crippen LogP contribution in [0, 0.1) is 6.92 Å². The molecule has 0 fully saturated rings. The molecule has 0 aliphatic carbocycles. The normalized spacial score (nSPS) is 10.9. The van der Waals surface area contributed by atoms with E-state index in [1.165, 1.54) is 64.2 Å². The number of ketones is 1. The van der Waals surface area contributed by atoms with E-state index in [9.17, 15) is 9.90 Å². The maximum Gasteiger partial charge on any atom is 0.196 e. The van der Waals surface area contributed by atoms with Crippen molar-refractivity contribution >= 4 is 5.78 Å². The Morgan fingerprint density at radius 3 is 1.93 bits per heavy atom. The topological polar surface area (TPSA) is 46.5 Å². The summed E-state index contributed by atoms with van der Waals surface area (Å²) in [6.45, 7) is 4.88. The first-order valence-corrected chi connectivity index (χ1v) is 11.7. The van der Waals surface area contributed by atoms with Crippen LogP contribution in [-0.2, 0) is 0 Å². The van der Waals surface area contributed by atoms with E-state index in [1.54, 1.807) is 30.3 Å². The minimum atomic E-state index is -0.176. The lowest BCUT2D eigenvalue weighted by molar-refractivity contribution is 0.103. The van der Waals surface area contributed by atoms with Crippen LogP contribution in [0.3, 0.4) is 0 Å². The molecule has 164 valence electrons. The molecule has 0 aliphatic rings. The van der Waals surface area contributed by atoms with E-state index in [0.29, 0.717) is 23.5 Å². The number of hydrogen-bond donors (Lipinski definition) is 1. The molecule has 0 atom stereocenters. The molecule has 3 heteroatoms. The van der Waals surface area contributed by atoms with Gasteiger partial charge in [0, 0.05) is 11.6 Å². The quantitative estimate of drug-likeness (QED) is 0.243. The van der Waals surface area contributed by atoms with Gasteiger partial charge in [-0.05, 0) is 25.5 Å². The van der Waals surface area contributed by atoms with Crippen LogP contribution in [0.4, 0.5) is 0 Å². The van der Waals surface area contributed by atoms with Crippen LogP contribution in [0.2, 0.25) is 0 Å². The Balaban J connectivity index is 1.62. The summed E-state index contributed by atoms with van der Waals surface area (Å²) in [5, 5.41) is 10.3. The van der Waals surface area contributed by atoms with Crippen molar-refractivity contribution in [3.63, 3.8) is 0 Å². The molecule has 30 heavy (non-hydrogen) atoms. The number of phenolic OH excluding ortho intramolecular Hbond substituents is 1. The van der Waals surface area contributed by atoms with Gasteiger partial charge in [-0.25, -0.2) is 0 Å². The lowest BCUT2D eigenvalue weighted by Gasteiger charge is -2.09. The zero-order valence-corrected chi connectivity index (χ0v) is 18.8. The fourth-order valence-corrected chi connectivity index (χ4v) is 3.61. The van der Waals surface area contributed by atoms with Crippen molar-refractivity contribution in [2.45, 2.75) is 84.5 Å². The van der Waals surface area contributed by atoms with Gasteiger partial charge in [-0.2, -0.15) is 0 Å². The number of aromatic hydroxyl groups is 1. The average Bonchev–Trinajstić information content (AvgIpc) is 2.75. The Kier molecular flexibility index (Phi) is 11.1. The SMILES string of the molecule is CCCCCCCCCCCCCOc1ccc(C(=O)c2ccc(C)cc2)c(O)c1. The van der Waals surface area contributed by atoms with E-state index in [2.05, 4.69) is 6.92 Å². The molecule has 0 saturated carbocycles. The monoisotopic (exact) mass is 410 g/mol. The minimum absolute atomic E-state index is 0.0305. The van der Waals surface area contributed by atoms with Crippen LogP contribution in [0.5, 0.6) is 11.5 Å². The molecule has 0 amide bonds. The third-order valence-corrected chi connectivity index (χ3v) is 5.54. The Morgan fingerprint density at radius 2 is 1.37 bits per heavy atom. The van der Waals surface area contributed by atoms with Gasteiger partial charge in [-0.3, -0.25) is 4.79 Å². The Morgan fingerprint density at radius 1 is 0.800 bits per heavy atom. The summed E-state index contributed by atoms with van der Waals surface area (Å²) in [6.07, 6.45) is 14.3. The molecule has 0 saturated heterocycles. The predicted molar refractivity (Wildman–Crippen MR) is 125 cm³/mol. The van der Waals surface area contributed by atoms with Crippen molar-refractivity contribution in [2.75, 3.05) is 6.61 Å². The summed E-state index contributed by atoms with van der Waals surface area (Å²) in [7, 11) is 0. The molecule has 0 unspecified atom stereocenters. The molecule has 0 aromatic heterocycles. The second-order valence-corrected chi connectivity index (χ2v) is 8.26. The van der Waals surface area contributed by atoms with E-state index >= 15 is 0 Å². The van der Waals surface area contributed by atoms with Crippen LogP contribution in [0.1, 0.15) is 99.0 Å². The standard InChI is InChI=1S/C27H38O3/c1-3-4-5-6-7-8-9-10-11-12-13-20-30-24-18-19-25(26(28)21-24)27(29)23-16-14-22(2)15-17-23/h14-19,21,28H,3-13,20H2,1-2H3. The first-order valence-electron chi connectivity index (χ1n) is 11.7. The van der Waals surface area contributed by atoms with Crippen molar-refractivity contribution < 1.29 is 14.6 Å². The number of unbranched alkanes of at least 4 members (excludes halogenated alkanes) is 10. The van der Waals surface area contributed by atoms with Gasteiger partial charge >= 0.3 is 0 Å². The summed E-state index contributed by atoms with van der Waals surface area (Å²) in [5.74, 6) is 0.404. The Hall–Kier alpha value is -2.29. The van der Waals surface area contributed by atoms with E-state index in [0.717, 1.165) is 12.0 Å². The molecule has 0 radical (unpaired) electrons. The molecule has 0 bridgehead atoms. The van der Waals surface area contributed by atoms with Gasteiger partial charge in [0.25, 0.3) is 0 Å². The molecule has 2 aromatic carbocycles. The minimum Gasteiger partial charge on any atom is -0.507 e. The molecular weight excluding hydrogens is 372 g/mol. The third kappa shape index (κ3) is 8.61. The van der Waals surface area contributed by atoms with Crippen LogP contribution in [0.15, 0.2) is 42.5 Å². The molecule has 2 aromatic rings. The molecule has 0 aliphatic heterocycles. The highest BCUT2D eigenvalue weighted by molar-refractivity contribution is 6.10. The van der Waals surface area contributed by atoms with Crippen molar-refractivity contribution in [1.82, 2.24) is 0 Å². The summed E-state index contributed by atoms with van der Waals surface area (Å²) in [4.78, 5) is 12.6. The maximum absolute atomic E-state index is 12.6. The highest BCUT2D eigenvalue weighted by atomic mass is 16.5. The van der Waals surface area contributed by atoms with E-state index in [1.807, 2.05) is 19.1 Å². The summed E-state index contributed by atoms with van der Waals surface area (Å²) in [5.41, 5.74) is 1.98. The zero-order valence-electron chi connectivity index (χ0n) is 18.8. The summed E-state index contributed by atoms with van der Waals surface area (Å²) >= 11 is 0. The fraction of sp³-hybridized carbons (Fsp3) is 0.519. The van der Waals surface area contributed by atoms with Gasteiger partial charge in [0.1, 0.15) is 11.5 Å². The van der Waals surface area contributed by atoms with Crippen molar-refractivity contribution in [3.05, 3.63) is 59.2 Å². The molecule has 2 rings (SSSR count). The van der Waals surface area contributed by atoms with Crippen LogP contribution >= 0.6 is 0 Å². The number of benzene rings is 2. The van der Waals surface area contributed by atoms with Gasteiger partial charge in [-0.15, -0.1) is 0 Å². The zero-order chi connectivity index (χ0) is 21.6. The second kappa shape index (κ2) is 13.8. The van der Waals surface area contributed by atoms with Crippen molar-refractivity contribution in [1.29, 1.82) is 0 Å². The number of hydrogen-bond acceptors (Lipinski definition) is 3. The molecule has 1 N–H and O–H groups in total. The fourth-order valence-electron chi connectivity index (χ4n) is 3.61. The number of ether oxygens (including phenoxy) is 1. The highest BCUT2D eigenvalue weighted by Crippen LogP contribution is 2.26. The molecule has 0 heterocycles. The van der Waals surface area contributed by atoms with Crippen LogP contribution < -0.4 is 4.74 Å². The number of phenols is 1. The van der Waals surface area contributed by atoms with Gasteiger partial charge in [0.2, 0.25) is 0 Å². The summed E-state index contributed by atoms with van der Waals surface area (Å²) in [6, 6.07) is 12.3. The van der Waals surface area contributed by atoms with Crippen molar-refractivity contribution in [2.24, 2.45) is 0 Å². The number of carbonyl (C=O) groups excluding carboxylic acids is 1. The van der Waals surface area contributed by atoms with E-state index in [-0.39, 0.29) is 11.5 Å². The number of rotatable bonds is 15. The first-order chi connectivity index (χ1) is 14.6. The van der Waals surface area contributed by atoms with Gasteiger partial charge in [0.05, 0.1) is 12.2 Å². The maximum atomic E-state index is 12.6. The number of aryl methyl sites for hydroxylation is 1. The van der Waals surface area contributed by atoms with Gasteiger partial charge in [-0.1, -0.05) is 101 Å². The smallest absolute Gasteiger partial charge is 0.196 e. The summed E-state index contributed by atoms with van der Waals surface area (Å²) < 4.78 is 5.75. The van der Waals surface area contributed by atoms with E-state index in [4.69, 9.17) is 4.74 Å². The molecular formula is C27H38O3. The Labute approximate surface area is 182 Å². The number of carbonyl (C=O) groups is 1. The third-order valence-electron chi connectivity index (χ3n) is 5.54. The molecule has 3 nitrogen and oxygen atoms in total. The lowest BCUT2D eigenvalue weighted by Crippen LogP contribution is -2.03. The van der Waals surface area contributed by atoms with Gasteiger partial charge < -0.3 is 9.84 Å². The second-order valence-electron chi connectivity index (χ2n) is 8.26. The lowest BCUT2D eigenvalue weighted by atomic mass is 10.0. The van der Waals surface area contributed by atoms with Crippen molar-refractivity contribution in [3.8, 4) is 11.5 Å². The van der Waals surface area contributed by atoms with Crippen LogP contribution in [0.25, 0.3) is 0 Å². The Bertz CT molecular complexity index is 749. The highest BCUT2D eigenvalue weighted by Gasteiger charge is 2.14. The molecule has 0 spiro atoms.